The van der Waals surface area contributed by atoms with Crippen molar-refractivity contribution in [3.05, 3.63) is 0 Å². The first-order chi connectivity index (χ1) is 6.11. The van der Waals surface area contributed by atoms with Gasteiger partial charge in [0.2, 0.25) is 0 Å². The molecule has 0 bridgehead atoms. The van der Waals surface area contributed by atoms with Gasteiger partial charge in [-0.1, -0.05) is 26.7 Å². The van der Waals surface area contributed by atoms with Crippen LogP contribution in [0.4, 0.5) is 0 Å². The van der Waals surface area contributed by atoms with E-state index in [-0.39, 0.29) is 6.10 Å². The minimum Gasteiger partial charge on any atom is -0.392 e. The van der Waals surface area contributed by atoms with Crippen molar-refractivity contribution in [1.29, 1.82) is 0 Å². The van der Waals surface area contributed by atoms with Crippen molar-refractivity contribution in [3.8, 4) is 0 Å². The van der Waals surface area contributed by atoms with Crippen LogP contribution in [-0.2, 0) is 0 Å². The molecule has 0 heterocycles. The summed E-state index contributed by atoms with van der Waals surface area (Å²) in [4.78, 5) is 0. The van der Waals surface area contributed by atoms with Crippen molar-refractivity contribution in [2.75, 3.05) is 6.54 Å². The van der Waals surface area contributed by atoms with Crippen molar-refractivity contribution in [1.82, 2.24) is 5.32 Å². The molecule has 2 heteroatoms. The molecule has 13 heavy (non-hydrogen) atoms. The van der Waals surface area contributed by atoms with E-state index in [2.05, 4.69) is 19.2 Å². The maximum Gasteiger partial charge on any atom is 0.0636 e. The Kier molecular flexibility index (Phi) is 4.20. The largest absolute Gasteiger partial charge is 0.392 e. The van der Waals surface area contributed by atoms with Crippen LogP contribution < -0.4 is 5.32 Å². The van der Waals surface area contributed by atoms with Gasteiger partial charge in [-0.25, -0.2) is 0 Å². The molecule has 0 aromatic rings. The van der Waals surface area contributed by atoms with Gasteiger partial charge in [0.1, 0.15) is 0 Å². The van der Waals surface area contributed by atoms with Crippen LogP contribution in [0.2, 0.25) is 0 Å². The normalized spacial score (nSPS) is 37.4. The van der Waals surface area contributed by atoms with Crippen LogP contribution in [0.25, 0.3) is 0 Å². The Hall–Kier alpha value is -0.0800. The second-order valence-corrected chi connectivity index (χ2v) is 4.63. The lowest BCUT2D eigenvalue weighted by atomic mass is 9.78. The standard InChI is InChI=1S/C11H23NO/c1-8-5-4-6-11(10(8)3)12-7-9(2)13/h8-13H,4-7H2,1-3H3/t8?,9-,10?,11?/m1/s1. The van der Waals surface area contributed by atoms with Crippen LogP contribution in [0.1, 0.15) is 40.0 Å². The summed E-state index contributed by atoms with van der Waals surface area (Å²) in [6, 6.07) is 0.623. The quantitative estimate of drug-likeness (QED) is 0.702. The van der Waals surface area contributed by atoms with Gasteiger partial charge in [-0.2, -0.15) is 0 Å². The summed E-state index contributed by atoms with van der Waals surface area (Å²) >= 11 is 0. The molecule has 0 aromatic carbocycles. The van der Waals surface area contributed by atoms with Crippen molar-refractivity contribution in [2.24, 2.45) is 11.8 Å². The maximum absolute atomic E-state index is 9.17. The molecule has 0 radical (unpaired) electrons. The van der Waals surface area contributed by atoms with E-state index in [1.54, 1.807) is 0 Å². The molecule has 1 saturated carbocycles. The van der Waals surface area contributed by atoms with E-state index < -0.39 is 0 Å². The van der Waals surface area contributed by atoms with Crippen molar-refractivity contribution >= 4 is 0 Å². The first kappa shape index (κ1) is 11.0. The third-order valence-corrected chi connectivity index (χ3v) is 3.38. The summed E-state index contributed by atoms with van der Waals surface area (Å²) in [7, 11) is 0. The number of hydrogen-bond acceptors (Lipinski definition) is 2. The van der Waals surface area contributed by atoms with Crippen molar-refractivity contribution in [3.63, 3.8) is 0 Å². The number of aliphatic hydroxyl groups excluding tert-OH is 1. The summed E-state index contributed by atoms with van der Waals surface area (Å²) in [5.74, 6) is 1.59. The Balaban J connectivity index is 2.31. The van der Waals surface area contributed by atoms with Crippen LogP contribution in [0.15, 0.2) is 0 Å². The van der Waals surface area contributed by atoms with Gasteiger partial charge in [0.05, 0.1) is 6.10 Å². The second kappa shape index (κ2) is 4.97. The molecule has 3 unspecified atom stereocenters. The molecule has 1 rings (SSSR count). The first-order valence-electron chi connectivity index (χ1n) is 5.52. The smallest absolute Gasteiger partial charge is 0.0636 e. The highest BCUT2D eigenvalue weighted by atomic mass is 16.3. The van der Waals surface area contributed by atoms with E-state index in [9.17, 15) is 5.11 Å². The molecule has 78 valence electrons. The zero-order chi connectivity index (χ0) is 9.84. The molecule has 0 aliphatic heterocycles. The average Bonchev–Trinajstić information content (AvgIpc) is 2.07. The fourth-order valence-corrected chi connectivity index (χ4v) is 2.19. The predicted octanol–water partition coefficient (Wildman–Crippen LogP) is 1.78. The number of hydrogen-bond donors (Lipinski definition) is 2. The summed E-state index contributed by atoms with van der Waals surface area (Å²) in [6.45, 7) is 7.23. The van der Waals surface area contributed by atoms with E-state index >= 15 is 0 Å². The Morgan fingerprint density at radius 2 is 2.08 bits per heavy atom. The third kappa shape index (κ3) is 3.28. The van der Waals surface area contributed by atoms with Gasteiger partial charge < -0.3 is 10.4 Å². The highest BCUT2D eigenvalue weighted by Crippen LogP contribution is 2.29. The highest BCUT2D eigenvalue weighted by molar-refractivity contribution is 4.82. The van der Waals surface area contributed by atoms with Gasteiger partial charge in [0.25, 0.3) is 0 Å². The zero-order valence-electron chi connectivity index (χ0n) is 9.09. The number of aliphatic hydroxyl groups is 1. The van der Waals surface area contributed by atoms with Gasteiger partial charge in [-0.3, -0.25) is 0 Å². The van der Waals surface area contributed by atoms with Crippen molar-refractivity contribution < 1.29 is 5.11 Å². The molecule has 0 saturated heterocycles. The van der Waals surface area contributed by atoms with E-state index in [0.29, 0.717) is 6.04 Å². The highest BCUT2D eigenvalue weighted by Gasteiger charge is 2.26. The first-order valence-corrected chi connectivity index (χ1v) is 5.52. The lowest BCUT2D eigenvalue weighted by Crippen LogP contribution is -2.43. The molecule has 2 nitrogen and oxygen atoms in total. The molecule has 0 aromatic heterocycles. The van der Waals surface area contributed by atoms with Crippen molar-refractivity contribution in [2.45, 2.75) is 52.2 Å². The summed E-state index contributed by atoms with van der Waals surface area (Å²) in [5, 5.41) is 12.6. The molecular formula is C11H23NO. The Morgan fingerprint density at radius 3 is 2.69 bits per heavy atom. The molecule has 1 fully saturated rings. The maximum atomic E-state index is 9.17. The van der Waals surface area contributed by atoms with Crippen LogP contribution in [0.3, 0.4) is 0 Å². The third-order valence-electron chi connectivity index (χ3n) is 3.38. The Morgan fingerprint density at radius 1 is 1.38 bits per heavy atom. The molecule has 1 aliphatic rings. The summed E-state index contributed by atoms with van der Waals surface area (Å²) in [5.41, 5.74) is 0. The fraction of sp³-hybridized carbons (Fsp3) is 1.00. The monoisotopic (exact) mass is 185 g/mol. The van der Waals surface area contributed by atoms with Gasteiger partial charge in [-0.05, 0) is 25.2 Å². The summed E-state index contributed by atoms with van der Waals surface area (Å²) in [6.07, 6.45) is 3.76. The summed E-state index contributed by atoms with van der Waals surface area (Å²) < 4.78 is 0. The zero-order valence-corrected chi connectivity index (χ0v) is 9.09. The van der Waals surface area contributed by atoms with E-state index in [4.69, 9.17) is 0 Å². The van der Waals surface area contributed by atoms with Gasteiger partial charge in [-0.15, -0.1) is 0 Å². The molecule has 0 amide bonds. The van der Waals surface area contributed by atoms with E-state index in [0.717, 1.165) is 18.4 Å². The second-order valence-electron chi connectivity index (χ2n) is 4.63. The Bertz CT molecular complexity index is 147. The Labute approximate surface area is 81.7 Å². The number of nitrogens with one attached hydrogen (secondary N) is 1. The molecule has 0 spiro atoms. The van der Waals surface area contributed by atoms with Crippen LogP contribution in [0.5, 0.6) is 0 Å². The van der Waals surface area contributed by atoms with Gasteiger partial charge >= 0.3 is 0 Å². The number of rotatable bonds is 3. The molecule has 2 N–H and O–H groups in total. The SMILES string of the molecule is CC1CCCC(NC[C@@H](C)O)C1C. The minimum absolute atomic E-state index is 0.218. The van der Waals surface area contributed by atoms with Gasteiger partial charge in [0.15, 0.2) is 0 Å². The molecule has 4 atom stereocenters. The van der Waals surface area contributed by atoms with E-state index in [1.807, 2.05) is 6.92 Å². The molecular weight excluding hydrogens is 162 g/mol. The van der Waals surface area contributed by atoms with Gasteiger partial charge in [0, 0.05) is 12.6 Å². The minimum atomic E-state index is -0.218. The average molecular weight is 185 g/mol. The van der Waals surface area contributed by atoms with Crippen LogP contribution >= 0.6 is 0 Å². The topological polar surface area (TPSA) is 32.3 Å². The van der Waals surface area contributed by atoms with E-state index in [1.165, 1.54) is 19.3 Å². The lowest BCUT2D eigenvalue weighted by Gasteiger charge is -2.35. The lowest BCUT2D eigenvalue weighted by molar-refractivity contribution is 0.156. The fourth-order valence-electron chi connectivity index (χ4n) is 2.19. The molecule has 1 aliphatic carbocycles. The predicted molar refractivity (Wildman–Crippen MR) is 55.7 cm³/mol. The van der Waals surface area contributed by atoms with Crippen LogP contribution in [-0.4, -0.2) is 23.8 Å². The van der Waals surface area contributed by atoms with Crippen LogP contribution in [0, 0.1) is 11.8 Å².